The molecule has 0 aliphatic rings. The van der Waals surface area contributed by atoms with Crippen molar-refractivity contribution < 1.29 is 9.53 Å². The van der Waals surface area contributed by atoms with Crippen molar-refractivity contribution in [2.75, 3.05) is 13.2 Å². The first-order valence-electron chi connectivity index (χ1n) is 7.72. The molecule has 2 aromatic carbocycles. The standard InChI is InChI=1S/C18H20Cl2N2O2.ClH/c19-14-8-4-9-16(18(14)20)24-11-5-10-17(23)22-12-15(21)13-6-2-1-3-7-13;/h1-4,6-9,15H,5,10-12,21H2,(H,22,23);1H. The number of nitrogens with two attached hydrogens (primary N) is 1. The number of benzene rings is 2. The van der Waals surface area contributed by atoms with Gasteiger partial charge in [0.25, 0.3) is 0 Å². The van der Waals surface area contributed by atoms with Crippen LogP contribution in [0.4, 0.5) is 0 Å². The van der Waals surface area contributed by atoms with E-state index in [4.69, 9.17) is 33.7 Å². The van der Waals surface area contributed by atoms with Crippen LogP contribution in [0, 0.1) is 0 Å². The van der Waals surface area contributed by atoms with E-state index in [2.05, 4.69) is 5.32 Å². The first kappa shape index (κ1) is 21.6. The Kier molecular flexibility index (Phi) is 9.68. The monoisotopic (exact) mass is 402 g/mol. The lowest BCUT2D eigenvalue weighted by Gasteiger charge is -2.13. The maximum atomic E-state index is 11.8. The van der Waals surface area contributed by atoms with Crippen LogP contribution in [-0.4, -0.2) is 19.1 Å². The summed E-state index contributed by atoms with van der Waals surface area (Å²) in [6.07, 6.45) is 0.939. The molecule has 136 valence electrons. The van der Waals surface area contributed by atoms with Gasteiger partial charge in [0, 0.05) is 19.0 Å². The molecule has 0 radical (unpaired) electrons. The van der Waals surface area contributed by atoms with Crippen LogP contribution < -0.4 is 15.8 Å². The molecule has 0 heterocycles. The molecule has 0 fully saturated rings. The molecule has 2 aromatic rings. The summed E-state index contributed by atoms with van der Waals surface area (Å²) in [4.78, 5) is 11.8. The average molecular weight is 404 g/mol. The first-order valence-corrected chi connectivity index (χ1v) is 8.47. The smallest absolute Gasteiger partial charge is 0.220 e. The molecule has 0 bridgehead atoms. The van der Waals surface area contributed by atoms with Crippen molar-refractivity contribution >= 4 is 41.5 Å². The largest absolute Gasteiger partial charge is 0.492 e. The fourth-order valence-electron chi connectivity index (χ4n) is 2.14. The van der Waals surface area contributed by atoms with Gasteiger partial charge in [0.05, 0.1) is 11.6 Å². The summed E-state index contributed by atoms with van der Waals surface area (Å²) in [5.74, 6) is 0.470. The van der Waals surface area contributed by atoms with Crippen LogP contribution in [0.15, 0.2) is 48.5 Å². The van der Waals surface area contributed by atoms with Gasteiger partial charge in [-0.15, -0.1) is 12.4 Å². The van der Waals surface area contributed by atoms with E-state index < -0.39 is 0 Å². The predicted octanol–water partition coefficient (Wildman–Crippen LogP) is 4.39. The topological polar surface area (TPSA) is 64.3 Å². The van der Waals surface area contributed by atoms with Gasteiger partial charge in [-0.3, -0.25) is 4.79 Å². The Hall–Kier alpha value is -1.46. The van der Waals surface area contributed by atoms with Crippen LogP contribution in [0.3, 0.4) is 0 Å². The molecule has 0 aliphatic carbocycles. The Balaban J connectivity index is 0.00000312. The number of amides is 1. The van der Waals surface area contributed by atoms with Gasteiger partial charge in [-0.2, -0.15) is 0 Å². The van der Waals surface area contributed by atoms with Crippen molar-refractivity contribution in [3.8, 4) is 5.75 Å². The number of nitrogens with one attached hydrogen (secondary N) is 1. The molecule has 0 aliphatic heterocycles. The lowest BCUT2D eigenvalue weighted by molar-refractivity contribution is -0.121. The van der Waals surface area contributed by atoms with Gasteiger partial charge in [0.2, 0.25) is 5.91 Å². The number of ether oxygens (including phenoxy) is 1. The molecule has 0 saturated heterocycles. The Morgan fingerprint density at radius 3 is 2.56 bits per heavy atom. The van der Waals surface area contributed by atoms with Gasteiger partial charge in [-0.1, -0.05) is 59.6 Å². The normalized spacial score (nSPS) is 11.3. The Bertz CT molecular complexity index is 669. The van der Waals surface area contributed by atoms with Crippen molar-refractivity contribution in [2.24, 2.45) is 5.73 Å². The van der Waals surface area contributed by atoms with Crippen molar-refractivity contribution in [2.45, 2.75) is 18.9 Å². The lowest BCUT2D eigenvalue weighted by atomic mass is 10.1. The summed E-state index contributed by atoms with van der Waals surface area (Å²) in [7, 11) is 0. The molecule has 0 saturated carbocycles. The second-order valence-corrected chi connectivity index (χ2v) is 6.11. The van der Waals surface area contributed by atoms with Crippen molar-refractivity contribution in [1.82, 2.24) is 5.32 Å². The summed E-state index contributed by atoms with van der Waals surface area (Å²) in [6.45, 7) is 0.794. The highest BCUT2D eigenvalue weighted by atomic mass is 35.5. The number of hydrogen-bond acceptors (Lipinski definition) is 3. The third-order valence-electron chi connectivity index (χ3n) is 3.47. The number of carbonyl (C=O) groups is 1. The van der Waals surface area contributed by atoms with Crippen LogP contribution in [0.1, 0.15) is 24.4 Å². The zero-order valence-corrected chi connectivity index (χ0v) is 15.9. The van der Waals surface area contributed by atoms with Crippen LogP contribution in [0.25, 0.3) is 0 Å². The molecule has 1 amide bonds. The number of rotatable bonds is 8. The van der Waals surface area contributed by atoms with Crippen LogP contribution in [-0.2, 0) is 4.79 Å². The molecule has 0 aromatic heterocycles. The highest BCUT2D eigenvalue weighted by molar-refractivity contribution is 6.42. The van der Waals surface area contributed by atoms with E-state index in [0.29, 0.717) is 41.8 Å². The molecule has 3 N–H and O–H groups in total. The van der Waals surface area contributed by atoms with Gasteiger partial charge < -0.3 is 15.8 Å². The summed E-state index contributed by atoms with van der Waals surface area (Å²) in [6, 6.07) is 14.7. The highest BCUT2D eigenvalue weighted by Gasteiger charge is 2.09. The first-order chi connectivity index (χ1) is 11.6. The fourth-order valence-corrected chi connectivity index (χ4v) is 2.49. The molecule has 7 heteroatoms. The quantitative estimate of drug-likeness (QED) is 0.642. The number of halogens is 3. The maximum absolute atomic E-state index is 11.8. The number of carbonyl (C=O) groups excluding carboxylic acids is 1. The summed E-state index contributed by atoms with van der Waals surface area (Å²) in [5, 5.41) is 3.67. The Labute approximate surface area is 164 Å². The minimum absolute atomic E-state index is 0. The molecule has 1 unspecified atom stereocenters. The fraction of sp³-hybridized carbons (Fsp3) is 0.278. The minimum Gasteiger partial charge on any atom is -0.492 e. The molecule has 0 spiro atoms. The third kappa shape index (κ3) is 7.12. The third-order valence-corrected chi connectivity index (χ3v) is 4.27. The van der Waals surface area contributed by atoms with E-state index in [1.54, 1.807) is 18.2 Å². The van der Waals surface area contributed by atoms with Gasteiger partial charge in [-0.05, 0) is 24.1 Å². The molecule has 1 atom stereocenters. The molecule has 4 nitrogen and oxygen atoms in total. The minimum atomic E-state index is -0.211. The molecule has 25 heavy (non-hydrogen) atoms. The van der Waals surface area contributed by atoms with Crippen molar-refractivity contribution in [3.05, 3.63) is 64.1 Å². The predicted molar refractivity (Wildman–Crippen MR) is 105 cm³/mol. The van der Waals surface area contributed by atoms with E-state index in [0.717, 1.165) is 5.56 Å². The van der Waals surface area contributed by atoms with Gasteiger partial charge in [-0.25, -0.2) is 0 Å². The summed E-state index contributed by atoms with van der Waals surface area (Å²) >= 11 is 11.9. The van der Waals surface area contributed by atoms with E-state index in [1.807, 2.05) is 30.3 Å². The zero-order valence-electron chi connectivity index (χ0n) is 13.6. The van der Waals surface area contributed by atoms with Crippen molar-refractivity contribution in [1.29, 1.82) is 0 Å². The zero-order chi connectivity index (χ0) is 17.4. The van der Waals surface area contributed by atoms with Crippen LogP contribution >= 0.6 is 35.6 Å². The van der Waals surface area contributed by atoms with E-state index in [9.17, 15) is 4.79 Å². The SMILES string of the molecule is Cl.NC(CNC(=O)CCCOc1cccc(Cl)c1Cl)c1ccccc1. The second kappa shape index (κ2) is 11.2. The summed E-state index contributed by atoms with van der Waals surface area (Å²) in [5.41, 5.74) is 7.04. The maximum Gasteiger partial charge on any atom is 0.220 e. The van der Waals surface area contributed by atoms with E-state index >= 15 is 0 Å². The molecular weight excluding hydrogens is 383 g/mol. The van der Waals surface area contributed by atoms with Crippen LogP contribution in [0.2, 0.25) is 10.0 Å². The van der Waals surface area contributed by atoms with Gasteiger partial charge >= 0.3 is 0 Å². The second-order valence-electron chi connectivity index (χ2n) is 5.33. The Morgan fingerprint density at radius 2 is 1.84 bits per heavy atom. The lowest BCUT2D eigenvalue weighted by Crippen LogP contribution is -2.31. The van der Waals surface area contributed by atoms with E-state index in [-0.39, 0.29) is 24.4 Å². The van der Waals surface area contributed by atoms with Crippen LogP contribution in [0.5, 0.6) is 5.75 Å². The van der Waals surface area contributed by atoms with Gasteiger partial charge in [0.1, 0.15) is 10.8 Å². The van der Waals surface area contributed by atoms with Gasteiger partial charge in [0.15, 0.2) is 0 Å². The summed E-state index contributed by atoms with van der Waals surface area (Å²) < 4.78 is 5.54. The number of hydrogen-bond donors (Lipinski definition) is 2. The van der Waals surface area contributed by atoms with Crippen molar-refractivity contribution in [3.63, 3.8) is 0 Å². The van der Waals surface area contributed by atoms with E-state index in [1.165, 1.54) is 0 Å². The Morgan fingerprint density at radius 1 is 1.12 bits per heavy atom. The molecule has 2 rings (SSSR count). The molecular formula is C18H21Cl3N2O2. The average Bonchev–Trinajstić information content (AvgIpc) is 2.60. The highest BCUT2D eigenvalue weighted by Crippen LogP contribution is 2.31.